The number of ether oxygens (including phenoxy) is 1. The van der Waals surface area contributed by atoms with Crippen molar-refractivity contribution in [2.24, 2.45) is 5.92 Å². The van der Waals surface area contributed by atoms with Gasteiger partial charge in [0.05, 0.1) is 18.8 Å². The summed E-state index contributed by atoms with van der Waals surface area (Å²) in [5.74, 6) is 0.568. The smallest absolute Gasteiger partial charge is 0.255 e. The summed E-state index contributed by atoms with van der Waals surface area (Å²) in [4.78, 5) is 17.2. The predicted octanol–water partition coefficient (Wildman–Crippen LogP) is 0.522. The molecule has 0 bridgehead atoms. The third-order valence-corrected chi connectivity index (χ3v) is 4.91. The number of aromatic nitrogens is 3. The van der Waals surface area contributed by atoms with Crippen LogP contribution in [0.15, 0.2) is 24.7 Å². The minimum absolute atomic E-state index is 0.0863. The fourth-order valence-corrected chi connectivity index (χ4v) is 3.64. The lowest BCUT2D eigenvalue weighted by molar-refractivity contribution is 0.0119. The molecule has 4 rings (SSSR count). The molecule has 2 aliphatic heterocycles. The van der Waals surface area contributed by atoms with Crippen molar-refractivity contribution in [1.29, 1.82) is 0 Å². The first-order valence-electron chi connectivity index (χ1n) is 8.13. The molecule has 2 unspecified atom stereocenters. The van der Waals surface area contributed by atoms with Crippen molar-refractivity contribution in [3.05, 3.63) is 30.2 Å². The summed E-state index contributed by atoms with van der Waals surface area (Å²) < 4.78 is 7.22. The number of carbonyl (C=O) groups is 1. The Bertz CT molecular complexity index is 709. The van der Waals surface area contributed by atoms with Gasteiger partial charge in [-0.2, -0.15) is 0 Å². The highest BCUT2D eigenvalue weighted by Gasteiger charge is 2.36. The van der Waals surface area contributed by atoms with E-state index in [1.54, 1.807) is 10.7 Å². The van der Waals surface area contributed by atoms with Gasteiger partial charge in [0.2, 0.25) is 0 Å². The number of nitrogens with zero attached hydrogens (tertiary/aromatic N) is 5. The van der Waals surface area contributed by atoms with Crippen LogP contribution in [-0.2, 0) is 4.74 Å². The Kier molecular flexibility index (Phi) is 3.74. The van der Waals surface area contributed by atoms with E-state index < -0.39 is 0 Å². The van der Waals surface area contributed by atoms with Gasteiger partial charge in [0.25, 0.3) is 5.91 Å². The zero-order chi connectivity index (χ0) is 15.8. The molecule has 2 aromatic rings. The molecule has 0 spiro atoms. The van der Waals surface area contributed by atoms with Crippen LogP contribution in [-0.4, -0.2) is 75.7 Å². The third kappa shape index (κ3) is 2.70. The van der Waals surface area contributed by atoms with Gasteiger partial charge >= 0.3 is 0 Å². The SMILES string of the molecule is CC1CN(C(=O)c2ccc3nncn3c2)CC1N1CCOCC1. The molecule has 2 aliphatic rings. The maximum atomic E-state index is 12.8. The molecule has 7 nitrogen and oxygen atoms in total. The highest BCUT2D eigenvalue weighted by molar-refractivity contribution is 5.94. The quantitative estimate of drug-likeness (QED) is 0.808. The highest BCUT2D eigenvalue weighted by Crippen LogP contribution is 2.24. The van der Waals surface area contributed by atoms with E-state index in [9.17, 15) is 4.79 Å². The predicted molar refractivity (Wildman–Crippen MR) is 84.2 cm³/mol. The zero-order valence-corrected chi connectivity index (χ0v) is 13.3. The largest absolute Gasteiger partial charge is 0.379 e. The molecular weight excluding hydrogens is 294 g/mol. The number of carbonyl (C=O) groups excluding carboxylic acids is 1. The third-order valence-electron chi connectivity index (χ3n) is 4.91. The van der Waals surface area contributed by atoms with Crippen molar-refractivity contribution >= 4 is 11.6 Å². The Labute approximate surface area is 134 Å². The molecule has 4 heterocycles. The second-order valence-corrected chi connectivity index (χ2v) is 6.42. The number of pyridine rings is 1. The number of fused-ring (bicyclic) bond motifs is 1. The summed E-state index contributed by atoms with van der Waals surface area (Å²) in [5, 5.41) is 7.83. The van der Waals surface area contributed by atoms with Crippen molar-refractivity contribution in [1.82, 2.24) is 24.4 Å². The fourth-order valence-electron chi connectivity index (χ4n) is 3.64. The first-order chi connectivity index (χ1) is 11.2. The lowest BCUT2D eigenvalue weighted by atomic mass is 10.0. The first kappa shape index (κ1) is 14.6. The van der Waals surface area contributed by atoms with Gasteiger partial charge in [-0.3, -0.25) is 14.1 Å². The Balaban J connectivity index is 1.50. The van der Waals surface area contributed by atoms with Gasteiger partial charge in [0, 0.05) is 38.4 Å². The van der Waals surface area contributed by atoms with Gasteiger partial charge in [0.1, 0.15) is 6.33 Å². The minimum atomic E-state index is 0.0863. The van der Waals surface area contributed by atoms with E-state index in [-0.39, 0.29) is 5.91 Å². The van der Waals surface area contributed by atoms with Crippen molar-refractivity contribution in [2.45, 2.75) is 13.0 Å². The van der Waals surface area contributed by atoms with Crippen LogP contribution in [0.4, 0.5) is 0 Å². The summed E-state index contributed by atoms with van der Waals surface area (Å²) in [6.07, 6.45) is 3.43. The van der Waals surface area contributed by atoms with Crippen molar-refractivity contribution in [2.75, 3.05) is 39.4 Å². The average Bonchev–Trinajstić information content (AvgIpc) is 3.20. The molecule has 7 heteroatoms. The highest BCUT2D eigenvalue weighted by atomic mass is 16.5. The molecule has 0 aromatic carbocycles. The van der Waals surface area contributed by atoms with Gasteiger partial charge in [-0.1, -0.05) is 6.92 Å². The molecule has 1 amide bonds. The number of hydrogen-bond acceptors (Lipinski definition) is 5. The van der Waals surface area contributed by atoms with Crippen LogP contribution in [0.2, 0.25) is 0 Å². The lowest BCUT2D eigenvalue weighted by Crippen LogP contribution is -2.47. The first-order valence-corrected chi connectivity index (χ1v) is 8.13. The van der Waals surface area contributed by atoms with Crippen molar-refractivity contribution in [3.63, 3.8) is 0 Å². The molecule has 2 aromatic heterocycles. The van der Waals surface area contributed by atoms with Crippen LogP contribution >= 0.6 is 0 Å². The molecule has 2 atom stereocenters. The Morgan fingerprint density at radius 2 is 2.09 bits per heavy atom. The normalized spacial score (nSPS) is 26.0. The van der Waals surface area contributed by atoms with Crippen LogP contribution in [0.1, 0.15) is 17.3 Å². The van der Waals surface area contributed by atoms with Gasteiger partial charge in [-0.05, 0) is 18.1 Å². The van der Waals surface area contributed by atoms with Crippen LogP contribution in [0.3, 0.4) is 0 Å². The van der Waals surface area contributed by atoms with Crippen LogP contribution < -0.4 is 0 Å². The van der Waals surface area contributed by atoms with E-state index in [0.29, 0.717) is 17.5 Å². The molecular formula is C16H21N5O2. The standard InChI is InChI=1S/C16H21N5O2/c1-12-8-20(10-14(12)19-4-6-23-7-5-19)16(22)13-2-3-15-18-17-11-21(15)9-13/h2-3,9,11-12,14H,4-8,10H2,1H3. The van der Waals surface area contributed by atoms with E-state index in [4.69, 9.17) is 4.74 Å². The van der Waals surface area contributed by atoms with Crippen molar-refractivity contribution < 1.29 is 9.53 Å². The molecule has 23 heavy (non-hydrogen) atoms. The van der Waals surface area contributed by atoms with Gasteiger partial charge in [-0.15, -0.1) is 10.2 Å². The number of rotatable bonds is 2. The summed E-state index contributed by atoms with van der Waals surface area (Å²) in [6, 6.07) is 4.10. The fraction of sp³-hybridized carbons (Fsp3) is 0.562. The van der Waals surface area contributed by atoms with Crippen LogP contribution in [0, 0.1) is 5.92 Å². The number of hydrogen-bond donors (Lipinski definition) is 0. The Morgan fingerprint density at radius 1 is 1.26 bits per heavy atom. The monoisotopic (exact) mass is 315 g/mol. The van der Waals surface area contributed by atoms with Crippen molar-refractivity contribution in [3.8, 4) is 0 Å². The lowest BCUT2D eigenvalue weighted by Gasteiger charge is -2.33. The maximum Gasteiger partial charge on any atom is 0.255 e. The molecule has 122 valence electrons. The van der Waals surface area contributed by atoms with E-state index in [2.05, 4.69) is 22.0 Å². The van der Waals surface area contributed by atoms with Gasteiger partial charge in [0.15, 0.2) is 5.65 Å². The minimum Gasteiger partial charge on any atom is -0.379 e. The Hall–Kier alpha value is -1.99. The molecule has 2 saturated heterocycles. The van der Waals surface area contributed by atoms with E-state index in [1.165, 1.54) is 0 Å². The van der Waals surface area contributed by atoms with Gasteiger partial charge < -0.3 is 9.64 Å². The summed E-state index contributed by atoms with van der Waals surface area (Å²) in [6.45, 7) is 7.34. The summed E-state index contributed by atoms with van der Waals surface area (Å²) >= 11 is 0. The summed E-state index contributed by atoms with van der Waals surface area (Å²) in [5.41, 5.74) is 1.44. The average molecular weight is 315 g/mol. The summed E-state index contributed by atoms with van der Waals surface area (Å²) in [7, 11) is 0. The van der Waals surface area contributed by atoms with E-state index >= 15 is 0 Å². The molecule has 0 saturated carbocycles. The molecule has 0 N–H and O–H groups in total. The number of morpholine rings is 1. The second-order valence-electron chi connectivity index (χ2n) is 6.42. The number of amides is 1. The van der Waals surface area contributed by atoms with E-state index in [1.807, 2.05) is 23.2 Å². The zero-order valence-electron chi connectivity index (χ0n) is 13.3. The number of likely N-dealkylation sites (tertiary alicyclic amines) is 1. The second kappa shape index (κ2) is 5.90. The van der Waals surface area contributed by atoms with Gasteiger partial charge in [-0.25, -0.2) is 0 Å². The molecule has 2 fully saturated rings. The Morgan fingerprint density at radius 3 is 2.91 bits per heavy atom. The maximum absolute atomic E-state index is 12.8. The van der Waals surface area contributed by atoms with Crippen LogP contribution in [0.5, 0.6) is 0 Å². The van der Waals surface area contributed by atoms with Crippen LogP contribution in [0.25, 0.3) is 5.65 Å². The molecule has 0 aliphatic carbocycles. The van der Waals surface area contributed by atoms with E-state index in [0.717, 1.165) is 45.0 Å². The molecule has 0 radical (unpaired) electrons. The topological polar surface area (TPSA) is 63.0 Å².